The first-order valence-electron chi connectivity index (χ1n) is 8.93. The fourth-order valence-electron chi connectivity index (χ4n) is 3.48. The van der Waals surface area contributed by atoms with Gasteiger partial charge in [-0.05, 0) is 21.5 Å². The molecule has 1 heterocycles. The molecule has 0 spiro atoms. The Labute approximate surface area is 161 Å². The van der Waals surface area contributed by atoms with E-state index in [2.05, 4.69) is 85.3 Å². The molecule has 0 fully saturated rings. The SMILES string of the molecule is CC(C)(C)[Si](OCc1cc(C#N)ncn1)(c1ccccc1)c1ccccc1. The lowest BCUT2D eigenvalue weighted by molar-refractivity contribution is 0.281. The van der Waals surface area contributed by atoms with E-state index >= 15 is 0 Å². The molecule has 5 heteroatoms. The summed E-state index contributed by atoms with van der Waals surface area (Å²) in [6.45, 7) is 7.05. The minimum atomic E-state index is -2.60. The molecule has 2 aromatic carbocycles. The molecule has 0 aliphatic carbocycles. The van der Waals surface area contributed by atoms with Gasteiger partial charge in [-0.1, -0.05) is 81.4 Å². The summed E-state index contributed by atoms with van der Waals surface area (Å²) in [5, 5.41) is 11.4. The van der Waals surface area contributed by atoms with Gasteiger partial charge in [0.1, 0.15) is 18.1 Å². The van der Waals surface area contributed by atoms with Gasteiger partial charge in [-0.15, -0.1) is 0 Å². The smallest absolute Gasteiger partial charge is 0.261 e. The molecule has 1 aromatic heterocycles. The maximum absolute atomic E-state index is 9.10. The number of aromatic nitrogens is 2. The molecule has 27 heavy (non-hydrogen) atoms. The maximum Gasteiger partial charge on any atom is 0.261 e. The van der Waals surface area contributed by atoms with Crippen molar-refractivity contribution in [2.24, 2.45) is 0 Å². The Balaban J connectivity index is 2.10. The van der Waals surface area contributed by atoms with Crippen molar-refractivity contribution in [1.82, 2.24) is 9.97 Å². The summed E-state index contributed by atoms with van der Waals surface area (Å²) in [5.41, 5.74) is 1.07. The molecule has 0 N–H and O–H groups in total. The van der Waals surface area contributed by atoms with E-state index in [9.17, 15) is 0 Å². The summed E-state index contributed by atoms with van der Waals surface area (Å²) < 4.78 is 6.79. The average Bonchev–Trinajstić information content (AvgIpc) is 2.69. The summed E-state index contributed by atoms with van der Waals surface area (Å²) in [5.74, 6) is 0. The molecule has 0 atom stereocenters. The Morgan fingerprint density at radius 2 is 1.48 bits per heavy atom. The van der Waals surface area contributed by atoms with E-state index in [4.69, 9.17) is 9.69 Å². The van der Waals surface area contributed by atoms with Crippen LogP contribution in [0.4, 0.5) is 0 Å². The molecule has 0 aliphatic rings. The van der Waals surface area contributed by atoms with Crippen molar-refractivity contribution in [3.8, 4) is 6.07 Å². The van der Waals surface area contributed by atoms with E-state index < -0.39 is 8.32 Å². The van der Waals surface area contributed by atoms with Gasteiger partial charge in [0.2, 0.25) is 0 Å². The molecule has 3 aromatic rings. The Bertz CT molecular complexity index is 892. The first-order valence-corrected chi connectivity index (χ1v) is 10.8. The molecule has 0 saturated carbocycles. The monoisotopic (exact) mass is 373 g/mol. The lowest BCUT2D eigenvalue weighted by Gasteiger charge is -2.43. The average molecular weight is 374 g/mol. The highest BCUT2D eigenvalue weighted by molar-refractivity contribution is 6.99. The van der Waals surface area contributed by atoms with Crippen molar-refractivity contribution < 1.29 is 4.43 Å². The second-order valence-corrected chi connectivity index (χ2v) is 11.8. The number of nitrogens with zero attached hydrogens (tertiary/aromatic N) is 3. The van der Waals surface area contributed by atoms with Gasteiger partial charge < -0.3 is 4.43 Å². The van der Waals surface area contributed by atoms with Gasteiger partial charge in [0, 0.05) is 0 Å². The molecule has 0 bridgehead atoms. The third-order valence-electron chi connectivity index (χ3n) is 4.69. The Morgan fingerprint density at radius 3 is 1.96 bits per heavy atom. The van der Waals surface area contributed by atoms with Crippen molar-refractivity contribution in [2.45, 2.75) is 32.4 Å². The molecule has 0 amide bonds. The van der Waals surface area contributed by atoms with Crippen LogP contribution in [-0.4, -0.2) is 18.3 Å². The van der Waals surface area contributed by atoms with Gasteiger partial charge in [-0.25, -0.2) is 9.97 Å². The van der Waals surface area contributed by atoms with Gasteiger partial charge in [0.25, 0.3) is 8.32 Å². The van der Waals surface area contributed by atoms with E-state index in [0.29, 0.717) is 12.3 Å². The van der Waals surface area contributed by atoms with Gasteiger partial charge in [0.15, 0.2) is 0 Å². The normalized spacial score (nSPS) is 11.8. The molecule has 3 rings (SSSR count). The van der Waals surface area contributed by atoms with Crippen LogP contribution in [0.25, 0.3) is 0 Å². The van der Waals surface area contributed by atoms with Crippen molar-refractivity contribution in [3.63, 3.8) is 0 Å². The van der Waals surface area contributed by atoms with E-state index in [1.807, 2.05) is 12.1 Å². The van der Waals surface area contributed by atoms with Crippen molar-refractivity contribution in [2.75, 3.05) is 0 Å². The standard InChI is InChI=1S/C22H23N3OSi/c1-22(2,3)27(20-10-6-4-7-11-20,21-12-8-5-9-13-21)26-16-19-14-18(15-23)24-17-25-19/h4-14,17H,16H2,1-3H3. The first kappa shape index (κ1) is 19.0. The van der Waals surface area contributed by atoms with Crippen LogP contribution in [0.5, 0.6) is 0 Å². The lowest BCUT2D eigenvalue weighted by atomic mass is 10.2. The summed E-state index contributed by atoms with van der Waals surface area (Å²) in [6, 6.07) is 24.7. The summed E-state index contributed by atoms with van der Waals surface area (Å²) in [4.78, 5) is 8.25. The second kappa shape index (κ2) is 7.83. The second-order valence-electron chi connectivity index (χ2n) is 7.46. The van der Waals surface area contributed by atoms with Crippen LogP contribution < -0.4 is 10.4 Å². The van der Waals surface area contributed by atoms with Gasteiger partial charge in [-0.3, -0.25) is 0 Å². The third-order valence-corrected chi connectivity index (χ3v) is 9.67. The number of rotatable bonds is 5. The molecule has 0 saturated heterocycles. The fraction of sp³-hybridized carbons (Fsp3) is 0.227. The highest BCUT2D eigenvalue weighted by Gasteiger charge is 2.50. The quantitative estimate of drug-likeness (QED) is 0.643. The van der Waals surface area contributed by atoms with Crippen LogP contribution in [0.15, 0.2) is 73.1 Å². The molecule has 0 unspecified atom stereocenters. The van der Waals surface area contributed by atoms with E-state index in [-0.39, 0.29) is 5.04 Å². The highest BCUT2D eigenvalue weighted by Crippen LogP contribution is 2.37. The van der Waals surface area contributed by atoms with Crippen LogP contribution in [0, 0.1) is 11.3 Å². The van der Waals surface area contributed by atoms with Gasteiger partial charge in [0.05, 0.1) is 12.3 Å². The lowest BCUT2D eigenvalue weighted by Crippen LogP contribution is -2.66. The number of hydrogen-bond acceptors (Lipinski definition) is 4. The van der Waals surface area contributed by atoms with Crippen LogP contribution in [0.2, 0.25) is 5.04 Å². The topological polar surface area (TPSA) is 58.8 Å². The zero-order valence-corrected chi connectivity index (χ0v) is 16.9. The van der Waals surface area contributed by atoms with Crippen molar-refractivity contribution in [3.05, 3.63) is 84.4 Å². The van der Waals surface area contributed by atoms with Crippen LogP contribution in [0.3, 0.4) is 0 Å². The zero-order valence-electron chi connectivity index (χ0n) is 15.9. The van der Waals surface area contributed by atoms with Gasteiger partial charge >= 0.3 is 0 Å². The fourth-order valence-corrected chi connectivity index (χ4v) is 8.00. The minimum absolute atomic E-state index is 0.0964. The number of nitriles is 1. The molecule has 0 aliphatic heterocycles. The Kier molecular flexibility index (Phi) is 5.50. The maximum atomic E-state index is 9.10. The predicted molar refractivity (Wildman–Crippen MR) is 109 cm³/mol. The Morgan fingerprint density at radius 1 is 0.926 bits per heavy atom. The van der Waals surface area contributed by atoms with E-state index in [0.717, 1.165) is 5.69 Å². The van der Waals surface area contributed by atoms with Crippen LogP contribution in [-0.2, 0) is 11.0 Å². The zero-order chi connectivity index (χ0) is 19.3. The Hall–Kier alpha value is -2.81. The molecule has 136 valence electrons. The predicted octanol–water partition coefficient (Wildman–Crippen LogP) is 3.42. The third kappa shape index (κ3) is 3.82. The van der Waals surface area contributed by atoms with E-state index in [1.54, 1.807) is 6.07 Å². The number of hydrogen-bond donors (Lipinski definition) is 0. The minimum Gasteiger partial charge on any atom is -0.401 e. The van der Waals surface area contributed by atoms with Crippen LogP contribution in [0.1, 0.15) is 32.2 Å². The van der Waals surface area contributed by atoms with E-state index in [1.165, 1.54) is 16.7 Å². The first-order chi connectivity index (χ1) is 13.0. The summed E-state index contributed by atoms with van der Waals surface area (Å²) in [7, 11) is -2.60. The van der Waals surface area contributed by atoms with Crippen molar-refractivity contribution >= 4 is 18.7 Å². The largest absolute Gasteiger partial charge is 0.401 e. The molecular weight excluding hydrogens is 350 g/mol. The molecule has 4 nitrogen and oxygen atoms in total. The molecule has 0 radical (unpaired) electrons. The van der Waals surface area contributed by atoms with Crippen LogP contribution >= 0.6 is 0 Å². The highest BCUT2D eigenvalue weighted by atomic mass is 28.4. The summed E-state index contributed by atoms with van der Waals surface area (Å²) in [6.07, 6.45) is 1.42. The van der Waals surface area contributed by atoms with Gasteiger partial charge in [-0.2, -0.15) is 5.26 Å². The summed E-state index contributed by atoms with van der Waals surface area (Å²) >= 11 is 0. The van der Waals surface area contributed by atoms with Crippen molar-refractivity contribution in [1.29, 1.82) is 5.26 Å². The number of benzene rings is 2. The molecular formula is C22H23N3OSi.